The molecule has 0 aliphatic heterocycles. The van der Waals surface area contributed by atoms with Gasteiger partial charge in [-0.15, -0.1) is 0 Å². The summed E-state index contributed by atoms with van der Waals surface area (Å²) in [7, 11) is 0. The lowest BCUT2D eigenvalue weighted by Crippen LogP contribution is -2.16. The lowest BCUT2D eigenvalue weighted by Gasteiger charge is -2.15. The summed E-state index contributed by atoms with van der Waals surface area (Å²) >= 11 is 0. The van der Waals surface area contributed by atoms with Crippen LogP contribution in [-0.4, -0.2) is 4.98 Å². The minimum Gasteiger partial charge on any atom is -0.324 e. The van der Waals surface area contributed by atoms with E-state index in [9.17, 15) is 0 Å². The number of pyridine rings is 1. The largest absolute Gasteiger partial charge is 0.324 e. The number of nitrogens with two attached hydrogens (primary N) is 1. The van der Waals surface area contributed by atoms with Crippen LogP contribution in [0.1, 0.15) is 31.0 Å². The van der Waals surface area contributed by atoms with E-state index in [4.69, 9.17) is 11.0 Å². The predicted octanol–water partition coefficient (Wildman–Crippen LogP) is 1.61. The summed E-state index contributed by atoms with van der Waals surface area (Å²) in [5, 5.41) is 8.65. The molecule has 68 valence electrons. The standard InChI is InChI=1S/C10H13N3/c1-7(2)10(12)9-3-8(4-11)5-13-6-9/h3,5-7,10H,12H2,1-2H3/t10-/m0/s1. The zero-order valence-electron chi connectivity index (χ0n) is 7.86. The van der Waals surface area contributed by atoms with Gasteiger partial charge in [-0.2, -0.15) is 5.26 Å². The number of aromatic nitrogens is 1. The summed E-state index contributed by atoms with van der Waals surface area (Å²) in [6.45, 7) is 4.09. The van der Waals surface area contributed by atoms with E-state index in [0.717, 1.165) is 5.56 Å². The van der Waals surface area contributed by atoms with E-state index in [1.54, 1.807) is 12.3 Å². The van der Waals surface area contributed by atoms with Gasteiger partial charge in [0.05, 0.1) is 5.56 Å². The summed E-state index contributed by atoms with van der Waals surface area (Å²) in [5.41, 5.74) is 7.40. The summed E-state index contributed by atoms with van der Waals surface area (Å²) in [6.07, 6.45) is 3.25. The highest BCUT2D eigenvalue weighted by Crippen LogP contribution is 2.18. The van der Waals surface area contributed by atoms with Crippen LogP contribution in [0.2, 0.25) is 0 Å². The number of hydrogen-bond acceptors (Lipinski definition) is 3. The molecule has 1 aromatic heterocycles. The number of nitriles is 1. The number of nitrogens with zero attached hydrogens (tertiary/aromatic N) is 2. The quantitative estimate of drug-likeness (QED) is 0.742. The van der Waals surface area contributed by atoms with Gasteiger partial charge in [0.25, 0.3) is 0 Å². The SMILES string of the molecule is CC(C)[C@H](N)c1cncc(C#N)c1. The van der Waals surface area contributed by atoms with E-state index < -0.39 is 0 Å². The van der Waals surface area contributed by atoms with E-state index in [1.165, 1.54) is 6.20 Å². The fraction of sp³-hybridized carbons (Fsp3) is 0.400. The van der Waals surface area contributed by atoms with Crippen LogP contribution >= 0.6 is 0 Å². The second-order valence-corrected chi connectivity index (χ2v) is 3.39. The van der Waals surface area contributed by atoms with Gasteiger partial charge in [-0.05, 0) is 17.5 Å². The molecule has 0 fully saturated rings. The number of rotatable bonds is 2. The summed E-state index contributed by atoms with van der Waals surface area (Å²) in [6, 6.07) is 3.79. The van der Waals surface area contributed by atoms with E-state index in [2.05, 4.69) is 4.98 Å². The van der Waals surface area contributed by atoms with Crippen molar-refractivity contribution >= 4 is 0 Å². The average Bonchev–Trinajstić information content (AvgIpc) is 2.16. The van der Waals surface area contributed by atoms with E-state index in [1.807, 2.05) is 19.9 Å². The first kappa shape index (κ1) is 9.69. The van der Waals surface area contributed by atoms with Crippen LogP contribution in [0.3, 0.4) is 0 Å². The van der Waals surface area contributed by atoms with Crippen molar-refractivity contribution in [2.45, 2.75) is 19.9 Å². The molecular weight excluding hydrogens is 162 g/mol. The summed E-state index contributed by atoms with van der Waals surface area (Å²) in [5.74, 6) is 0.357. The molecule has 0 bridgehead atoms. The highest BCUT2D eigenvalue weighted by atomic mass is 14.7. The maximum Gasteiger partial charge on any atom is 0.101 e. The van der Waals surface area contributed by atoms with Crippen LogP contribution in [0.15, 0.2) is 18.5 Å². The van der Waals surface area contributed by atoms with Crippen molar-refractivity contribution in [3.8, 4) is 6.07 Å². The Balaban J connectivity index is 2.96. The van der Waals surface area contributed by atoms with Gasteiger partial charge in [0.1, 0.15) is 6.07 Å². The van der Waals surface area contributed by atoms with E-state index in [-0.39, 0.29) is 6.04 Å². The van der Waals surface area contributed by atoms with Crippen LogP contribution in [-0.2, 0) is 0 Å². The molecule has 13 heavy (non-hydrogen) atoms. The molecule has 0 saturated heterocycles. The Hall–Kier alpha value is -1.40. The molecule has 1 heterocycles. The fourth-order valence-corrected chi connectivity index (χ4v) is 1.09. The second-order valence-electron chi connectivity index (χ2n) is 3.39. The third-order valence-corrected chi connectivity index (χ3v) is 1.99. The van der Waals surface area contributed by atoms with Gasteiger partial charge in [0.2, 0.25) is 0 Å². The molecule has 3 nitrogen and oxygen atoms in total. The van der Waals surface area contributed by atoms with Crippen molar-refractivity contribution in [3.63, 3.8) is 0 Å². The van der Waals surface area contributed by atoms with E-state index >= 15 is 0 Å². The molecule has 0 unspecified atom stereocenters. The summed E-state index contributed by atoms with van der Waals surface area (Å²) < 4.78 is 0. The lowest BCUT2D eigenvalue weighted by molar-refractivity contribution is 0.513. The van der Waals surface area contributed by atoms with E-state index in [0.29, 0.717) is 11.5 Å². The second kappa shape index (κ2) is 4.01. The Bertz CT molecular complexity index is 325. The third-order valence-electron chi connectivity index (χ3n) is 1.99. The molecule has 0 radical (unpaired) electrons. The zero-order valence-corrected chi connectivity index (χ0v) is 7.86. The monoisotopic (exact) mass is 175 g/mol. The molecule has 0 aliphatic rings. The molecule has 1 aromatic rings. The minimum absolute atomic E-state index is 0.0409. The van der Waals surface area contributed by atoms with Gasteiger partial charge in [-0.25, -0.2) is 0 Å². The Morgan fingerprint density at radius 2 is 2.15 bits per heavy atom. The van der Waals surface area contributed by atoms with Crippen LogP contribution in [0.5, 0.6) is 0 Å². The van der Waals surface area contributed by atoms with Gasteiger partial charge < -0.3 is 5.73 Å². The Morgan fingerprint density at radius 3 is 2.69 bits per heavy atom. The van der Waals surface area contributed by atoms with Crippen molar-refractivity contribution in [2.75, 3.05) is 0 Å². The zero-order chi connectivity index (χ0) is 9.84. The van der Waals surface area contributed by atoms with Gasteiger partial charge in [0.15, 0.2) is 0 Å². The smallest absolute Gasteiger partial charge is 0.101 e. The molecule has 1 rings (SSSR count). The van der Waals surface area contributed by atoms with Crippen LogP contribution in [0.25, 0.3) is 0 Å². The van der Waals surface area contributed by atoms with Crippen molar-refractivity contribution in [3.05, 3.63) is 29.6 Å². The summed E-state index contributed by atoms with van der Waals surface area (Å²) in [4.78, 5) is 3.96. The van der Waals surface area contributed by atoms with Crippen molar-refractivity contribution in [1.82, 2.24) is 4.98 Å². The average molecular weight is 175 g/mol. The number of hydrogen-bond donors (Lipinski definition) is 1. The first-order valence-electron chi connectivity index (χ1n) is 4.25. The molecule has 0 aliphatic carbocycles. The van der Waals surface area contributed by atoms with Crippen molar-refractivity contribution in [1.29, 1.82) is 5.26 Å². The molecular formula is C10H13N3. The first-order chi connectivity index (χ1) is 6.15. The molecule has 0 saturated carbocycles. The van der Waals surface area contributed by atoms with Crippen molar-refractivity contribution < 1.29 is 0 Å². The van der Waals surface area contributed by atoms with Gasteiger partial charge in [-0.3, -0.25) is 4.98 Å². The minimum atomic E-state index is -0.0409. The molecule has 2 N–H and O–H groups in total. The normalized spacial score (nSPS) is 12.5. The maximum atomic E-state index is 8.65. The van der Waals surface area contributed by atoms with Crippen LogP contribution < -0.4 is 5.73 Å². The van der Waals surface area contributed by atoms with Gasteiger partial charge in [-0.1, -0.05) is 13.8 Å². The predicted molar refractivity (Wildman–Crippen MR) is 50.7 cm³/mol. The highest BCUT2D eigenvalue weighted by Gasteiger charge is 2.10. The van der Waals surface area contributed by atoms with Crippen molar-refractivity contribution in [2.24, 2.45) is 11.7 Å². The van der Waals surface area contributed by atoms with Crippen LogP contribution in [0, 0.1) is 17.2 Å². The first-order valence-corrected chi connectivity index (χ1v) is 4.25. The molecule has 3 heteroatoms. The Morgan fingerprint density at radius 1 is 1.46 bits per heavy atom. The Labute approximate surface area is 78.2 Å². The topological polar surface area (TPSA) is 62.7 Å². The molecule has 0 aromatic carbocycles. The lowest BCUT2D eigenvalue weighted by atomic mass is 9.98. The molecule has 1 atom stereocenters. The van der Waals surface area contributed by atoms with Gasteiger partial charge in [0, 0.05) is 18.4 Å². The third kappa shape index (κ3) is 2.27. The van der Waals surface area contributed by atoms with Crippen LogP contribution in [0.4, 0.5) is 0 Å². The maximum absolute atomic E-state index is 8.65. The molecule has 0 amide bonds. The highest BCUT2D eigenvalue weighted by molar-refractivity contribution is 5.30. The fourth-order valence-electron chi connectivity index (χ4n) is 1.09. The Kier molecular flexibility index (Phi) is 2.99. The van der Waals surface area contributed by atoms with Gasteiger partial charge >= 0.3 is 0 Å². The molecule has 0 spiro atoms.